The summed E-state index contributed by atoms with van der Waals surface area (Å²) in [6.45, 7) is 3.43. The highest BCUT2D eigenvalue weighted by Crippen LogP contribution is 2.51. The molecule has 1 unspecified atom stereocenters. The summed E-state index contributed by atoms with van der Waals surface area (Å²) in [7, 11) is 0. The number of hydrogen-bond acceptors (Lipinski definition) is 8. The molecule has 0 aromatic carbocycles. The van der Waals surface area contributed by atoms with Gasteiger partial charge in [-0.05, 0) is 44.4 Å². The fourth-order valence-corrected chi connectivity index (χ4v) is 5.14. The molecule has 9 nitrogen and oxygen atoms in total. The zero-order chi connectivity index (χ0) is 21.7. The molecule has 11 heteroatoms. The molecule has 1 spiro atoms. The van der Waals surface area contributed by atoms with Crippen LogP contribution in [0.25, 0.3) is 11.5 Å². The minimum absolute atomic E-state index is 0.0231. The van der Waals surface area contributed by atoms with E-state index in [1.807, 2.05) is 6.20 Å². The van der Waals surface area contributed by atoms with Crippen LogP contribution < -0.4 is 0 Å². The van der Waals surface area contributed by atoms with Crippen molar-refractivity contribution in [2.45, 2.75) is 50.7 Å². The van der Waals surface area contributed by atoms with Crippen molar-refractivity contribution >= 4 is 0 Å². The number of alkyl halides is 2. The van der Waals surface area contributed by atoms with Crippen LogP contribution in [0.15, 0.2) is 28.9 Å². The maximum Gasteiger partial charge on any atom is 0.314 e. The van der Waals surface area contributed by atoms with E-state index in [1.54, 1.807) is 16.8 Å². The van der Waals surface area contributed by atoms with E-state index in [4.69, 9.17) is 9.15 Å². The lowest BCUT2D eigenvalue weighted by molar-refractivity contribution is -0.186. The van der Waals surface area contributed by atoms with E-state index >= 15 is 0 Å². The van der Waals surface area contributed by atoms with Gasteiger partial charge >= 0.3 is 6.43 Å². The molecular weight excluding hydrogens is 420 g/mol. The second kappa shape index (κ2) is 7.66. The van der Waals surface area contributed by atoms with Crippen LogP contribution in [0.2, 0.25) is 0 Å². The van der Waals surface area contributed by atoms with Crippen LogP contribution in [-0.2, 0) is 11.3 Å². The second-order valence-corrected chi connectivity index (χ2v) is 9.08. The monoisotopic (exact) mass is 443 g/mol. The molecule has 1 atom stereocenters. The summed E-state index contributed by atoms with van der Waals surface area (Å²) in [5.41, 5.74) is 2.72. The number of hydrogen-bond donors (Lipinski definition) is 0. The first-order valence-corrected chi connectivity index (χ1v) is 10.9. The summed E-state index contributed by atoms with van der Waals surface area (Å²) in [5.74, 6) is -0.673. The van der Waals surface area contributed by atoms with E-state index in [9.17, 15) is 8.78 Å². The summed E-state index contributed by atoms with van der Waals surface area (Å²) in [6.07, 6.45) is 5.50. The third-order valence-corrected chi connectivity index (χ3v) is 6.84. The Bertz CT molecular complexity index is 1090. The van der Waals surface area contributed by atoms with E-state index in [0.717, 1.165) is 37.6 Å². The maximum atomic E-state index is 12.6. The number of rotatable bonds is 6. The Hall–Kier alpha value is -2.79. The van der Waals surface area contributed by atoms with Gasteiger partial charge in [0.05, 0.1) is 48.9 Å². The average Bonchev–Trinajstić information content (AvgIpc) is 3.47. The zero-order valence-electron chi connectivity index (χ0n) is 17.4. The molecule has 1 saturated carbocycles. The zero-order valence-corrected chi connectivity index (χ0v) is 17.4. The molecule has 2 saturated heterocycles. The Morgan fingerprint density at radius 1 is 1.16 bits per heavy atom. The third-order valence-electron chi connectivity index (χ3n) is 6.84. The Morgan fingerprint density at radius 3 is 2.72 bits per heavy atom. The Balaban J connectivity index is 1.10. The number of ether oxygens (including phenoxy) is 1. The van der Waals surface area contributed by atoms with Crippen LogP contribution in [0.5, 0.6) is 0 Å². The van der Waals surface area contributed by atoms with E-state index in [0.29, 0.717) is 29.6 Å². The van der Waals surface area contributed by atoms with Crippen LogP contribution in [0, 0.1) is 5.41 Å². The summed E-state index contributed by atoms with van der Waals surface area (Å²) >= 11 is 0. The molecule has 3 aliphatic rings. The number of aromatic nitrogens is 6. The summed E-state index contributed by atoms with van der Waals surface area (Å²) in [6, 6.07) is 4.46. The van der Waals surface area contributed by atoms with Gasteiger partial charge in [0.2, 0.25) is 5.89 Å². The van der Waals surface area contributed by atoms with Gasteiger partial charge in [0, 0.05) is 17.7 Å². The lowest BCUT2D eigenvalue weighted by Crippen LogP contribution is -2.59. The molecule has 0 bridgehead atoms. The molecule has 5 heterocycles. The van der Waals surface area contributed by atoms with E-state index in [1.165, 1.54) is 25.5 Å². The van der Waals surface area contributed by atoms with Gasteiger partial charge in [-0.3, -0.25) is 9.88 Å². The van der Waals surface area contributed by atoms with Gasteiger partial charge in [-0.2, -0.15) is 8.78 Å². The molecule has 168 valence electrons. The van der Waals surface area contributed by atoms with Gasteiger partial charge in [-0.25, -0.2) is 4.68 Å². The summed E-state index contributed by atoms with van der Waals surface area (Å²) in [4.78, 5) is 6.98. The van der Waals surface area contributed by atoms with E-state index in [2.05, 4.69) is 30.4 Å². The van der Waals surface area contributed by atoms with Crippen molar-refractivity contribution < 1.29 is 17.9 Å². The van der Waals surface area contributed by atoms with Gasteiger partial charge in [0.25, 0.3) is 5.89 Å². The van der Waals surface area contributed by atoms with Crippen LogP contribution in [0.1, 0.15) is 55.4 Å². The second-order valence-electron chi connectivity index (χ2n) is 9.08. The van der Waals surface area contributed by atoms with Crippen molar-refractivity contribution in [3.63, 3.8) is 0 Å². The molecule has 1 aliphatic carbocycles. The highest BCUT2D eigenvalue weighted by molar-refractivity contribution is 5.50. The lowest BCUT2D eigenvalue weighted by Gasteiger charge is -2.56. The highest BCUT2D eigenvalue weighted by Gasteiger charge is 2.53. The van der Waals surface area contributed by atoms with Crippen molar-refractivity contribution in [3.8, 4) is 11.5 Å². The summed E-state index contributed by atoms with van der Waals surface area (Å²) in [5, 5.41) is 15.7. The molecule has 0 amide bonds. The fraction of sp³-hybridized carbons (Fsp3) is 0.571. The lowest BCUT2D eigenvalue weighted by atomic mass is 9.63. The molecule has 3 aromatic rings. The molecule has 0 radical (unpaired) electrons. The first-order valence-electron chi connectivity index (χ1n) is 10.9. The normalized spacial score (nSPS) is 23.0. The molecule has 3 fully saturated rings. The topological polar surface area (TPSA) is 95.0 Å². The van der Waals surface area contributed by atoms with Gasteiger partial charge in [-0.1, -0.05) is 5.21 Å². The number of likely N-dealkylation sites (tertiary alicyclic amines) is 1. The number of halogens is 2. The van der Waals surface area contributed by atoms with Crippen LogP contribution in [0.4, 0.5) is 8.78 Å². The Morgan fingerprint density at radius 2 is 2.03 bits per heavy atom. The fourth-order valence-electron chi connectivity index (χ4n) is 5.14. The number of pyridine rings is 1. The van der Waals surface area contributed by atoms with Crippen LogP contribution in [-0.4, -0.2) is 60.9 Å². The Labute approximate surface area is 182 Å². The molecule has 6 rings (SSSR count). The molecule has 2 aliphatic heterocycles. The van der Waals surface area contributed by atoms with Gasteiger partial charge < -0.3 is 9.15 Å². The van der Waals surface area contributed by atoms with E-state index in [-0.39, 0.29) is 5.89 Å². The van der Waals surface area contributed by atoms with Crippen molar-refractivity contribution in [2.24, 2.45) is 5.41 Å². The Kier molecular flexibility index (Phi) is 4.76. The quantitative estimate of drug-likeness (QED) is 0.574. The standard InChI is InChI=1S/C21H23F2N7O2/c22-18(23)20-27-26-19(32-20)13-3-4-14(24-8-13)9-29-10-16(25-28-29)17-2-1-5-30(17)15-6-21(7-15)11-31-12-21/h3-4,8,10,15,17-18H,1-2,5-7,9,11-12H2. The van der Waals surface area contributed by atoms with Crippen molar-refractivity contribution in [2.75, 3.05) is 19.8 Å². The number of nitrogens with zero attached hydrogens (tertiary/aromatic N) is 7. The van der Waals surface area contributed by atoms with E-state index < -0.39 is 12.3 Å². The van der Waals surface area contributed by atoms with Crippen molar-refractivity contribution in [1.82, 2.24) is 35.1 Å². The van der Waals surface area contributed by atoms with Crippen molar-refractivity contribution in [3.05, 3.63) is 41.8 Å². The molecule has 32 heavy (non-hydrogen) atoms. The molecule has 0 N–H and O–H groups in total. The minimum atomic E-state index is -2.79. The largest absolute Gasteiger partial charge is 0.415 e. The minimum Gasteiger partial charge on any atom is -0.415 e. The van der Waals surface area contributed by atoms with Crippen LogP contribution >= 0.6 is 0 Å². The van der Waals surface area contributed by atoms with Gasteiger partial charge in [0.1, 0.15) is 0 Å². The first kappa shape index (κ1) is 19.9. The molecular formula is C21H23F2N7O2. The first-order chi connectivity index (χ1) is 15.6. The highest BCUT2D eigenvalue weighted by atomic mass is 19.3. The predicted octanol–water partition coefficient (Wildman–Crippen LogP) is 3.02. The smallest absolute Gasteiger partial charge is 0.314 e. The average molecular weight is 443 g/mol. The molecule has 3 aromatic heterocycles. The predicted molar refractivity (Wildman–Crippen MR) is 107 cm³/mol. The SMILES string of the molecule is FC(F)c1nnc(-c2ccc(Cn3cc(C4CCCN4C4CC5(COC5)C4)nn3)nc2)o1. The van der Waals surface area contributed by atoms with Crippen molar-refractivity contribution in [1.29, 1.82) is 0 Å². The van der Waals surface area contributed by atoms with Gasteiger partial charge in [-0.15, -0.1) is 15.3 Å². The maximum absolute atomic E-state index is 12.6. The van der Waals surface area contributed by atoms with Gasteiger partial charge in [0.15, 0.2) is 0 Å². The van der Waals surface area contributed by atoms with Crippen LogP contribution in [0.3, 0.4) is 0 Å². The third kappa shape index (κ3) is 3.49. The summed E-state index contributed by atoms with van der Waals surface area (Å²) < 4.78 is 37.4.